The van der Waals surface area contributed by atoms with Gasteiger partial charge in [0.15, 0.2) is 0 Å². The quantitative estimate of drug-likeness (QED) is 0.774. The van der Waals surface area contributed by atoms with E-state index in [1.807, 2.05) is 0 Å². The van der Waals surface area contributed by atoms with Crippen LogP contribution in [0.1, 0.15) is 25.7 Å². The molecule has 1 N–H and O–H groups in total. The SMILES string of the molecule is COCCN(CC(F)F)C(=O)C1CCCC(C(=O)O)C1. The number of carbonyl (C=O) groups excluding carboxylic acids is 1. The molecule has 0 aromatic rings. The second kappa shape index (κ2) is 8.14. The summed E-state index contributed by atoms with van der Waals surface area (Å²) < 4.78 is 29.8. The van der Waals surface area contributed by atoms with Gasteiger partial charge in [-0.3, -0.25) is 9.59 Å². The third-order valence-corrected chi connectivity index (χ3v) is 3.61. The van der Waals surface area contributed by atoms with E-state index in [4.69, 9.17) is 9.84 Å². The van der Waals surface area contributed by atoms with Crippen molar-refractivity contribution in [3.63, 3.8) is 0 Å². The Labute approximate surface area is 116 Å². The molecule has 20 heavy (non-hydrogen) atoms. The Bertz CT molecular complexity index is 338. The molecule has 1 amide bonds. The maximum Gasteiger partial charge on any atom is 0.306 e. The van der Waals surface area contributed by atoms with Gasteiger partial charge < -0.3 is 14.7 Å². The molecule has 1 rings (SSSR count). The molecule has 2 atom stereocenters. The van der Waals surface area contributed by atoms with Gasteiger partial charge in [-0.15, -0.1) is 0 Å². The lowest BCUT2D eigenvalue weighted by Gasteiger charge is -2.31. The Morgan fingerprint density at radius 3 is 2.55 bits per heavy atom. The van der Waals surface area contributed by atoms with Crippen LogP contribution in [-0.4, -0.2) is 55.1 Å². The summed E-state index contributed by atoms with van der Waals surface area (Å²) in [5.74, 6) is -2.32. The molecule has 0 saturated heterocycles. The van der Waals surface area contributed by atoms with E-state index in [9.17, 15) is 18.4 Å². The first-order chi connectivity index (χ1) is 9.45. The minimum absolute atomic E-state index is 0.105. The zero-order chi connectivity index (χ0) is 15.1. The highest BCUT2D eigenvalue weighted by Gasteiger charge is 2.33. The van der Waals surface area contributed by atoms with E-state index in [0.29, 0.717) is 19.3 Å². The number of carboxylic acid groups (broad SMARTS) is 1. The Balaban J connectivity index is 2.64. The molecule has 1 aliphatic carbocycles. The number of amides is 1. The normalized spacial score (nSPS) is 22.8. The summed E-state index contributed by atoms with van der Waals surface area (Å²) in [4.78, 5) is 24.3. The summed E-state index contributed by atoms with van der Waals surface area (Å²) in [5, 5.41) is 9.00. The minimum Gasteiger partial charge on any atom is -0.481 e. The van der Waals surface area contributed by atoms with Gasteiger partial charge in [-0.05, 0) is 19.3 Å². The molecule has 116 valence electrons. The number of alkyl halides is 2. The predicted molar refractivity (Wildman–Crippen MR) is 67.5 cm³/mol. The van der Waals surface area contributed by atoms with Crippen molar-refractivity contribution in [2.75, 3.05) is 26.8 Å². The lowest BCUT2D eigenvalue weighted by atomic mass is 9.80. The van der Waals surface area contributed by atoms with Gasteiger partial charge in [0.05, 0.1) is 19.1 Å². The first kappa shape index (κ1) is 16.8. The number of hydrogen-bond acceptors (Lipinski definition) is 3. The fourth-order valence-corrected chi connectivity index (χ4v) is 2.56. The number of nitrogens with zero attached hydrogens (tertiary/aromatic N) is 1. The van der Waals surface area contributed by atoms with Crippen molar-refractivity contribution in [1.82, 2.24) is 4.90 Å². The van der Waals surface area contributed by atoms with Crippen LogP contribution in [0.3, 0.4) is 0 Å². The van der Waals surface area contributed by atoms with Crippen LogP contribution in [-0.2, 0) is 14.3 Å². The molecule has 0 aromatic heterocycles. The summed E-state index contributed by atoms with van der Waals surface area (Å²) in [6.45, 7) is -0.335. The molecule has 2 unspecified atom stereocenters. The zero-order valence-corrected chi connectivity index (χ0v) is 11.6. The second-order valence-corrected chi connectivity index (χ2v) is 5.07. The van der Waals surface area contributed by atoms with Crippen molar-refractivity contribution in [3.05, 3.63) is 0 Å². The van der Waals surface area contributed by atoms with Crippen LogP contribution in [0, 0.1) is 11.8 Å². The standard InChI is InChI=1S/C13H21F2NO4/c1-20-6-5-16(8-11(14)15)12(17)9-3-2-4-10(7-9)13(18)19/h9-11H,2-8H2,1H3,(H,18,19). The molecule has 0 bridgehead atoms. The van der Waals surface area contributed by atoms with E-state index in [2.05, 4.69) is 0 Å². The fourth-order valence-electron chi connectivity index (χ4n) is 2.56. The Kier molecular flexibility index (Phi) is 6.84. The van der Waals surface area contributed by atoms with E-state index in [1.165, 1.54) is 7.11 Å². The minimum atomic E-state index is -2.60. The highest BCUT2D eigenvalue weighted by atomic mass is 19.3. The van der Waals surface area contributed by atoms with Crippen molar-refractivity contribution in [2.45, 2.75) is 32.1 Å². The number of rotatable bonds is 7. The average molecular weight is 293 g/mol. The highest BCUT2D eigenvalue weighted by Crippen LogP contribution is 2.30. The van der Waals surface area contributed by atoms with E-state index in [0.717, 1.165) is 4.90 Å². The van der Waals surface area contributed by atoms with E-state index in [1.54, 1.807) is 0 Å². The lowest BCUT2D eigenvalue weighted by molar-refractivity contribution is -0.146. The van der Waals surface area contributed by atoms with Crippen molar-refractivity contribution in [2.24, 2.45) is 11.8 Å². The molecule has 0 aromatic carbocycles. The first-order valence-electron chi connectivity index (χ1n) is 6.74. The summed E-state index contributed by atoms with van der Waals surface area (Å²) in [7, 11) is 1.44. The number of halogens is 2. The van der Waals surface area contributed by atoms with Gasteiger partial charge in [-0.1, -0.05) is 6.42 Å². The molecule has 0 spiro atoms. The summed E-state index contributed by atoms with van der Waals surface area (Å²) in [6.07, 6.45) is -0.614. The molecular formula is C13H21F2NO4. The molecule has 5 nitrogen and oxygen atoms in total. The van der Waals surface area contributed by atoms with E-state index in [-0.39, 0.29) is 25.5 Å². The van der Waals surface area contributed by atoms with Crippen LogP contribution in [0.2, 0.25) is 0 Å². The highest BCUT2D eigenvalue weighted by molar-refractivity contribution is 5.80. The van der Waals surface area contributed by atoms with Crippen molar-refractivity contribution in [1.29, 1.82) is 0 Å². The van der Waals surface area contributed by atoms with Gasteiger partial charge in [0.1, 0.15) is 0 Å². The molecule has 1 aliphatic rings. The van der Waals surface area contributed by atoms with Gasteiger partial charge in [-0.25, -0.2) is 8.78 Å². The van der Waals surface area contributed by atoms with Crippen molar-refractivity contribution >= 4 is 11.9 Å². The van der Waals surface area contributed by atoms with Gasteiger partial charge in [0.2, 0.25) is 5.91 Å². The molecule has 1 saturated carbocycles. The number of aliphatic carboxylic acids is 1. The average Bonchev–Trinajstić information content (AvgIpc) is 2.42. The first-order valence-corrected chi connectivity index (χ1v) is 6.74. The van der Waals surface area contributed by atoms with E-state index < -0.39 is 30.8 Å². The Hall–Kier alpha value is -1.24. The largest absolute Gasteiger partial charge is 0.481 e. The van der Waals surface area contributed by atoms with Crippen LogP contribution in [0.4, 0.5) is 8.78 Å². The van der Waals surface area contributed by atoms with Gasteiger partial charge in [0.25, 0.3) is 6.43 Å². The monoisotopic (exact) mass is 293 g/mol. The van der Waals surface area contributed by atoms with Gasteiger partial charge in [0, 0.05) is 19.6 Å². The number of ether oxygens (including phenoxy) is 1. The smallest absolute Gasteiger partial charge is 0.306 e. The van der Waals surface area contributed by atoms with E-state index >= 15 is 0 Å². The van der Waals surface area contributed by atoms with Crippen LogP contribution in [0.25, 0.3) is 0 Å². The maximum atomic E-state index is 12.5. The van der Waals surface area contributed by atoms with Crippen LogP contribution in [0.5, 0.6) is 0 Å². The summed E-state index contributed by atoms with van der Waals surface area (Å²) in [5.41, 5.74) is 0. The number of carbonyl (C=O) groups is 2. The molecule has 7 heteroatoms. The second-order valence-electron chi connectivity index (χ2n) is 5.07. The topological polar surface area (TPSA) is 66.8 Å². The van der Waals surface area contributed by atoms with Gasteiger partial charge >= 0.3 is 5.97 Å². The van der Waals surface area contributed by atoms with Crippen LogP contribution in [0.15, 0.2) is 0 Å². The Morgan fingerprint density at radius 2 is 2.00 bits per heavy atom. The number of methoxy groups -OCH3 is 1. The molecule has 0 aliphatic heterocycles. The zero-order valence-electron chi connectivity index (χ0n) is 11.6. The molecule has 1 fully saturated rings. The number of carboxylic acids is 1. The maximum absolute atomic E-state index is 12.5. The predicted octanol–water partition coefficient (Wildman–Crippen LogP) is 1.62. The third kappa shape index (κ3) is 5.03. The van der Waals surface area contributed by atoms with Crippen LogP contribution >= 0.6 is 0 Å². The van der Waals surface area contributed by atoms with Gasteiger partial charge in [-0.2, -0.15) is 0 Å². The third-order valence-electron chi connectivity index (χ3n) is 3.61. The fraction of sp³-hybridized carbons (Fsp3) is 0.846. The number of hydrogen-bond donors (Lipinski definition) is 1. The molecule has 0 heterocycles. The molecule has 0 radical (unpaired) electrons. The lowest BCUT2D eigenvalue weighted by Crippen LogP contribution is -2.43. The summed E-state index contributed by atoms with van der Waals surface area (Å²) in [6, 6.07) is 0. The Morgan fingerprint density at radius 1 is 1.35 bits per heavy atom. The van der Waals surface area contributed by atoms with Crippen molar-refractivity contribution < 1.29 is 28.2 Å². The molecular weight excluding hydrogens is 272 g/mol. The summed E-state index contributed by atoms with van der Waals surface area (Å²) >= 11 is 0. The van der Waals surface area contributed by atoms with Crippen molar-refractivity contribution in [3.8, 4) is 0 Å². The van der Waals surface area contributed by atoms with Crippen LogP contribution < -0.4 is 0 Å².